The molecule has 0 aliphatic carbocycles. The predicted octanol–water partition coefficient (Wildman–Crippen LogP) is 1.37. The molecule has 1 aliphatic heterocycles. The molecule has 0 bridgehead atoms. The molecule has 0 radical (unpaired) electrons. The minimum Gasteiger partial charge on any atom is -0.454 e. The van der Waals surface area contributed by atoms with E-state index in [-0.39, 0.29) is 19.2 Å². The number of carbonyl (C=O) groups is 1. The molecule has 0 aromatic heterocycles. The largest absolute Gasteiger partial charge is 0.454 e. The first kappa shape index (κ1) is 14.6. The van der Waals surface area contributed by atoms with E-state index in [0.717, 1.165) is 19.6 Å². The van der Waals surface area contributed by atoms with Crippen LogP contribution in [-0.4, -0.2) is 39.0 Å². The summed E-state index contributed by atoms with van der Waals surface area (Å²) >= 11 is 0. The fourth-order valence-corrected chi connectivity index (χ4v) is 1.82. The maximum Gasteiger partial charge on any atom is 0.238 e. The second kappa shape index (κ2) is 7.72. The van der Waals surface area contributed by atoms with Crippen LogP contribution >= 0.6 is 0 Å². The van der Waals surface area contributed by atoms with Crippen molar-refractivity contribution in [1.82, 2.24) is 5.32 Å². The molecule has 20 heavy (non-hydrogen) atoms. The zero-order valence-corrected chi connectivity index (χ0v) is 11.6. The smallest absolute Gasteiger partial charge is 0.238 e. The first-order valence-electron chi connectivity index (χ1n) is 6.77. The Balaban J connectivity index is 1.67. The van der Waals surface area contributed by atoms with E-state index in [4.69, 9.17) is 14.2 Å². The normalized spacial score (nSPS) is 12.4. The van der Waals surface area contributed by atoms with Crippen molar-refractivity contribution in [2.24, 2.45) is 0 Å². The van der Waals surface area contributed by atoms with E-state index in [9.17, 15) is 4.79 Å². The minimum absolute atomic E-state index is 0.0831. The zero-order chi connectivity index (χ0) is 14.2. The number of hydrogen-bond acceptors (Lipinski definition) is 5. The Morgan fingerprint density at radius 2 is 2.20 bits per heavy atom. The molecule has 1 aliphatic rings. The van der Waals surface area contributed by atoms with Crippen LogP contribution in [0.1, 0.15) is 13.3 Å². The maximum absolute atomic E-state index is 11.7. The van der Waals surface area contributed by atoms with E-state index in [1.165, 1.54) is 0 Å². The molecule has 1 aromatic carbocycles. The lowest BCUT2D eigenvalue weighted by Crippen LogP contribution is -2.29. The van der Waals surface area contributed by atoms with Crippen molar-refractivity contribution >= 4 is 11.6 Å². The summed E-state index contributed by atoms with van der Waals surface area (Å²) < 4.78 is 15.7. The molecular formula is C14H20N2O4. The molecular weight excluding hydrogens is 260 g/mol. The van der Waals surface area contributed by atoms with Crippen LogP contribution in [0.25, 0.3) is 0 Å². The first-order valence-corrected chi connectivity index (χ1v) is 6.77. The molecule has 1 heterocycles. The molecule has 0 saturated heterocycles. The molecule has 0 spiro atoms. The summed E-state index contributed by atoms with van der Waals surface area (Å²) in [5.74, 6) is 1.28. The van der Waals surface area contributed by atoms with Crippen LogP contribution in [0.15, 0.2) is 18.2 Å². The van der Waals surface area contributed by atoms with E-state index in [1.807, 2.05) is 6.92 Å². The van der Waals surface area contributed by atoms with Crippen molar-refractivity contribution in [3.05, 3.63) is 18.2 Å². The Labute approximate surface area is 118 Å². The quantitative estimate of drug-likeness (QED) is 0.704. The third-order valence-electron chi connectivity index (χ3n) is 2.79. The maximum atomic E-state index is 11.7. The lowest BCUT2D eigenvalue weighted by molar-refractivity contribution is -0.115. The SMILES string of the molecule is CCOCCCNCC(=O)Nc1ccc2c(c1)OCO2. The van der Waals surface area contributed by atoms with E-state index in [2.05, 4.69) is 10.6 Å². The van der Waals surface area contributed by atoms with Gasteiger partial charge in [0.15, 0.2) is 11.5 Å². The average Bonchev–Trinajstić information content (AvgIpc) is 2.90. The van der Waals surface area contributed by atoms with Gasteiger partial charge >= 0.3 is 0 Å². The van der Waals surface area contributed by atoms with Crippen molar-refractivity contribution in [2.45, 2.75) is 13.3 Å². The summed E-state index contributed by atoms with van der Waals surface area (Å²) in [6.45, 7) is 4.67. The fraction of sp³-hybridized carbons (Fsp3) is 0.500. The molecule has 0 atom stereocenters. The summed E-state index contributed by atoms with van der Waals surface area (Å²) in [4.78, 5) is 11.7. The highest BCUT2D eigenvalue weighted by molar-refractivity contribution is 5.92. The van der Waals surface area contributed by atoms with Crippen molar-refractivity contribution in [2.75, 3.05) is 38.4 Å². The van der Waals surface area contributed by atoms with Crippen LogP contribution in [-0.2, 0) is 9.53 Å². The highest BCUT2D eigenvalue weighted by Crippen LogP contribution is 2.34. The van der Waals surface area contributed by atoms with Gasteiger partial charge in [0, 0.05) is 25.0 Å². The molecule has 1 amide bonds. The van der Waals surface area contributed by atoms with Gasteiger partial charge in [0.2, 0.25) is 12.7 Å². The Morgan fingerprint density at radius 1 is 1.35 bits per heavy atom. The van der Waals surface area contributed by atoms with Crippen molar-refractivity contribution in [1.29, 1.82) is 0 Å². The van der Waals surface area contributed by atoms with Gasteiger partial charge in [0.1, 0.15) is 0 Å². The minimum atomic E-state index is -0.0831. The number of carbonyl (C=O) groups excluding carboxylic acids is 1. The number of anilines is 1. The third kappa shape index (κ3) is 4.40. The summed E-state index contributed by atoms with van der Waals surface area (Å²) in [6, 6.07) is 5.34. The number of nitrogens with one attached hydrogen (secondary N) is 2. The topological polar surface area (TPSA) is 68.8 Å². The Hall–Kier alpha value is -1.79. The molecule has 0 saturated carbocycles. The summed E-state index contributed by atoms with van der Waals surface area (Å²) in [7, 11) is 0. The van der Waals surface area contributed by atoms with Crippen LogP contribution < -0.4 is 20.1 Å². The van der Waals surface area contributed by atoms with Crippen LogP contribution in [0, 0.1) is 0 Å². The van der Waals surface area contributed by atoms with E-state index >= 15 is 0 Å². The number of fused-ring (bicyclic) bond motifs is 1. The standard InChI is InChI=1S/C14H20N2O4/c1-2-18-7-3-6-15-9-14(17)16-11-4-5-12-13(8-11)20-10-19-12/h4-5,8,15H,2-3,6-7,9-10H2,1H3,(H,16,17). The lowest BCUT2D eigenvalue weighted by atomic mass is 10.3. The van der Waals surface area contributed by atoms with Crippen LogP contribution in [0.4, 0.5) is 5.69 Å². The molecule has 0 fully saturated rings. The number of benzene rings is 1. The summed E-state index contributed by atoms with van der Waals surface area (Å²) in [5.41, 5.74) is 0.704. The monoisotopic (exact) mass is 280 g/mol. The number of amides is 1. The Kier molecular flexibility index (Phi) is 5.64. The number of hydrogen-bond donors (Lipinski definition) is 2. The van der Waals surface area contributed by atoms with Crippen LogP contribution in [0.3, 0.4) is 0 Å². The van der Waals surface area contributed by atoms with Gasteiger partial charge in [0.25, 0.3) is 0 Å². The van der Waals surface area contributed by atoms with Gasteiger partial charge in [-0.25, -0.2) is 0 Å². The van der Waals surface area contributed by atoms with Gasteiger partial charge in [-0.3, -0.25) is 4.79 Å². The average molecular weight is 280 g/mol. The second-order valence-electron chi connectivity index (χ2n) is 4.34. The zero-order valence-electron chi connectivity index (χ0n) is 11.6. The van der Waals surface area contributed by atoms with Crippen LogP contribution in [0.5, 0.6) is 11.5 Å². The molecule has 6 nitrogen and oxygen atoms in total. The molecule has 2 rings (SSSR count). The Morgan fingerprint density at radius 3 is 3.05 bits per heavy atom. The van der Waals surface area contributed by atoms with Gasteiger partial charge in [-0.05, 0) is 32.0 Å². The van der Waals surface area contributed by atoms with Gasteiger partial charge in [-0.1, -0.05) is 0 Å². The number of rotatable bonds is 8. The van der Waals surface area contributed by atoms with E-state index in [1.54, 1.807) is 18.2 Å². The van der Waals surface area contributed by atoms with E-state index in [0.29, 0.717) is 23.8 Å². The molecule has 2 N–H and O–H groups in total. The molecule has 110 valence electrons. The van der Waals surface area contributed by atoms with E-state index < -0.39 is 0 Å². The highest BCUT2D eigenvalue weighted by Gasteiger charge is 2.13. The summed E-state index contributed by atoms with van der Waals surface area (Å²) in [5, 5.41) is 5.87. The van der Waals surface area contributed by atoms with Crippen LogP contribution in [0.2, 0.25) is 0 Å². The van der Waals surface area contributed by atoms with Gasteiger partial charge in [-0.2, -0.15) is 0 Å². The van der Waals surface area contributed by atoms with Crippen molar-refractivity contribution < 1.29 is 19.0 Å². The predicted molar refractivity (Wildman–Crippen MR) is 75.2 cm³/mol. The lowest BCUT2D eigenvalue weighted by Gasteiger charge is -2.07. The van der Waals surface area contributed by atoms with Crippen molar-refractivity contribution in [3.63, 3.8) is 0 Å². The molecule has 0 unspecified atom stereocenters. The number of ether oxygens (including phenoxy) is 3. The molecule has 1 aromatic rings. The van der Waals surface area contributed by atoms with Gasteiger partial charge < -0.3 is 24.8 Å². The first-order chi connectivity index (χ1) is 9.79. The Bertz CT molecular complexity index is 451. The van der Waals surface area contributed by atoms with Crippen molar-refractivity contribution in [3.8, 4) is 11.5 Å². The second-order valence-corrected chi connectivity index (χ2v) is 4.34. The fourth-order valence-electron chi connectivity index (χ4n) is 1.82. The highest BCUT2D eigenvalue weighted by atomic mass is 16.7. The summed E-state index contributed by atoms with van der Waals surface area (Å²) in [6.07, 6.45) is 0.894. The van der Waals surface area contributed by atoms with Gasteiger partial charge in [-0.15, -0.1) is 0 Å². The molecule has 6 heteroatoms. The van der Waals surface area contributed by atoms with Gasteiger partial charge in [0.05, 0.1) is 6.54 Å². The third-order valence-corrected chi connectivity index (χ3v) is 2.79.